The number of carbonyl (C=O) groups is 1. The van der Waals surface area contributed by atoms with Gasteiger partial charge in [0.15, 0.2) is 0 Å². The predicted octanol–water partition coefficient (Wildman–Crippen LogP) is 5.21. The number of unbranched alkanes of at least 4 members (excludes halogenated alkanes) is 2. The van der Waals surface area contributed by atoms with Crippen molar-refractivity contribution in [1.82, 2.24) is 0 Å². The number of nitrogens with zero attached hydrogens (tertiary/aromatic N) is 2. The van der Waals surface area contributed by atoms with Gasteiger partial charge in [-0.05, 0) is 99.6 Å². The van der Waals surface area contributed by atoms with Crippen molar-refractivity contribution in [3.8, 4) is 0 Å². The van der Waals surface area contributed by atoms with Crippen molar-refractivity contribution in [3.63, 3.8) is 0 Å². The van der Waals surface area contributed by atoms with Gasteiger partial charge in [0, 0.05) is 68.3 Å². The average molecular weight is 917 g/mol. The molecule has 3 N–H and O–H groups in total. The van der Waals surface area contributed by atoms with E-state index in [9.17, 15) is 39.2 Å². The second-order valence-corrected chi connectivity index (χ2v) is 19.5. The molecule has 2 atom stereocenters. The first kappa shape index (κ1) is 51.8. The van der Waals surface area contributed by atoms with E-state index in [1.807, 2.05) is 24.8 Å². The maximum atomic E-state index is 12.4. The van der Waals surface area contributed by atoms with Gasteiger partial charge in [-0.1, -0.05) is 24.6 Å². The number of ether oxygens (including phenoxy) is 4. The van der Waals surface area contributed by atoms with E-state index >= 15 is 0 Å². The molecule has 2 aromatic rings. The first-order chi connectivity index (χ1) is 28.7. The third-order valence-corrected chi connectivity index (χ3v) is 13.6. The van der Waals surface area contributed by atoms with Crippen LogP contribution in [0, 0.1) is 0 Å². The largest absolute Gasteiger partial charge is 0.481 e. The lowest BCUT2D eigenvalue weighted by Gasteiger charge is -2.32. The Morgan fingerprint density at radius 2 is 1.49 bits per heavy atom. The molecule has 0 radical (unpaired) electrons. The number of carboxylic acid groups (broad SMARTS) is 1. The van der Waals surface area contributed by atoms with Crippen LogP contribution in [0.2, 0.25) is 0 Å². The lowest BCUT2D eigenvalue weighted by molar-refractivity contribution is -0.137. The lowest BCUT2D eigenvalue weighted by atomic mass is 9.75. The molecule has 1 aliphatic heterocycles. The summed E-state index contributed by atoms with van der Waals surface area (Å²) in [6.45, 7) is 6.24. The van der Waals surface area contributed by atoms with Crippen LogP contribution < -0.4 is 4.90 Å². The number of allylic oxidation sites excluding steroid dienone is 4. The lowest BCUT2D eigenvalue weighted by Crippen LogP contribution is -2.34. The monoisotopic (exact) mass is 916 g/mol. The Labute approximate surface area is 360 Å². The molecule has 0 aromatic heterocycles. The number of hydrogen-bond donors (Lipinski definition) is 3. The summed E-state index contributed by atoms with van der Waals surface area (Å²) in [5.74, 6) is -1.21. The highest BCUT2D eigenvalue weighted by Gasteiger charge is 2.44. The molecule has 0 spiro atoms. The summed E-state index contributed by atoms with van der Waals surface area (Å²) in [5.41, 5.74) is 0.855. The molecular weight excluding hydrogens is 857 g/mol. The smallest absolute Gasteiger partial charge is 0.303 e. The number of aliphatic carboxylic acids is 1. The molecule has 1 aliphatic rings. The highest BCUT2D eigenvalue weighted by molar-refractivity contribution is 7.86. The number of methoxy groups -OCH3 is 2. The zero-order chi connectivity index (χ0) is 45.3. The van der Waals surface area contributed by atoms with Gasteiger partial charge in [0.2, 0.25) is 0 Å². The first-order valence-corrected chi connectivity index (χ1v) is 24.2. The van der Waals surface area contributed by atoms with Crippen molar-refractivity contribution >= 4 is 47.7 Å². The molecule has 0 aliphatic carbocycles. The number of anilines is 1. The molecule has 0 saturated heterocycles. The number of carboxylic acids is 1. The summed E-state index contributed by atoms with van der Waals surface area (Å²) in [6, 6.07) is 10.2. The number of rotatable bonds is 29. The molecule has 3 rings (SSSR count). The Hall–Kier alpha value is -3.57. The minimum Gasteiger partial charge on any atom is -0.481 e. The molecule has 0 amide bonds. The fraction of sp³-hybridized carbons (Fsp3) is 0.561. The van der Waals surface area contributed by atoms with Crippen LogP contribution in [0.1, 0.15) is 69.9 Å². The molecule has 0 bridgehead atoms. The van der Waals surface area contributed by atoms with Crippen LogP contribution in [-0.4, -0.2) is 131 Å². The minimum atomic E-state index is -4.63. The van der Waals surface area contributed by atoms with E-state index in [1.165, 1.54) is 37.4 Å². The molecule has 2 unspecified atom stereocenters. The van der Waals surface area contributed by atoms with Crippen LogP contribution >= 0.6 is 0 Å². The molecule has 342 valence electrons. The highest BCUT2D eigenvalue weighted by atomic mass is 32.2. The molecule has 17 nitrogen and oxygen atoms in total. The predicted molar refractivity (Wildman–Crippen MR) is 230 cm³/mol. The molecule has 2 aromatic carbocycles. The Morgan fingerprint density at radius 1 is 0.836 bits per heavy atom. The van der Waals surface area contributed by atoms with Gasteiger partial charge in [0.05, 0.1) is 55.7 Å². The van der Waals surface area contributed by atoms with Gasteiger partial charge in [-0.2, -0.15) is 25.3 Å². The van der Waals surface area contributed by atoms with Crippen molar-refractivity contribution in [1.29, 1.82) is 0 Å². The standard InChI is InChI=1S/C41H60N2O15S3/c1-40(20-23-54-3,32-12-9-13-33(30-32)60(48,49)50)37(42-21-8-6-7-16-39(44)45)14-10-15-38-41(2,19-11-29-59(46,47)56-5)35-31-34(61(51,52)53)17-18-36(35)43(38)22-24-57-27-28-58-26-25-55-4/h9-10,12-15,17-18,30-31H,6-8,11,16,19-29H2,1-5H3,(H,44,45)(H,48,49,50)(H,51,52,53)/b14-10+,38-15+,42-37+. The van der Waals surface area contributed by atoms with E-state index < -0.39 is 47.2 Å². The van der Waals surface area contributed by atoms with Gasteiger partial charge in [0.1, 0.15) is 0 Å². The average Bonchev–Trinajstić information content (AvgIpc) is 3.43. The van der Waals surface area contributed by atoms with Crippen molar-refractivity contribution in [2.24, 2.45) is 4.99 Å². The summed E-state index contributed by atoms with van der Waals surface area (Å²) in [4.78, 5) is 17.4. The van der Waals surface area contributed by atoms with Gasteiger partial charge in [-0.15, -0.1) is 0 Å². The summed E-state index contributed by atoms with van der Waals surface area (Å²) in [7, 11) is -8.85. The zero-order valence-electron chi connectivity index (χ0n) is 35.4. The van der Waals surface area contributed by atoms with E-state index in [4.69, 9.17) is 33.2 Å². The van der Waals surface area contributed by atoms with E-state index in [-0.39, 0.29) is 61.2 Å². The molecular formula is C41H60N2O15S3. The Kier molecular flexibility index (Phi) is 20.2. The van der Waals surface area contributed by atoms with Crippen LogP contribution in [0.15, 0.2) is 81.2 Å². The maximum Gasteiger partial charge on any atom is 0.303 e. The number of aliphatic imine (C=N–C) groups is 1. The van der Waals surface area contributed by atoms with E-state index in [0.717, 1.165) is 7.11 Å². The topological polar surface area (TPSA) is 242 Å². The van der Waals surface area contributed by atoms with Crippen molar-refractivity contribution in [2.45, 2.75) is 79.4 Å². The van der Waals surface area contributed by atoms with Crippen LogP contribution in [0.5, 0.6) is 0 Å². The van der Waals surface area contributed by atoms with Crippen LogP contribution in [-0.2, 0) is 69.1 Å². The van der Waals surface area contributed by atoms with E-state index in [2.05, 4.69) is 0 Å². The van der Waals surface area contributed by atoms with Gasteiger partial charge in [-0.3, -0.25) is 23.1 Å². The van der Waals surface area contributed by atoms with Gasteiger partial charge < -0.3 is 29.0 Å². The molecule has 0 saturated carbocycles. The third kappa shape index (κ3) is 15.3. The van der Waals surface area contributed by atoms with Gasteiger partial charge in [-0.25, -0.2) is 0 Å². The zero-order valence-corrected chi connectivity index (χ0v) is 37.9. The number of benzene rings is 2. The van der Waals surface area contributed by atoms with Crippen molar-refractivity contribution < 1.29 is 67.4 Å². The van der Waals surface area contributed by atoms with Crippen LogP contribution in [0.3, 0.4) is 0 Å². The summed E-state index contributed by atoms with van der Waals surface area (Å²) in [5, 5.41) is 9.10. The van der Waals surface area contributed by atoms with Gasteiger partial charge in [0.25, 0.3) is 30.4 Å². The quantitative estimate of drug-likeness (QED) is 0.0410. The Balaban J connectivity index is 2.21. The second kappa shape index (κ2) is 23.8. The fourth-order valence-electron chi connectivity index (χ4n) is 7.13. The summed E-state index contributed by atoms with van der Waals surface area (Å²) >= 11 is 0. The molecule has 20 heteroatoms. The number of hydrogen-bond acceptors (Lipinski definition) is 14. The van der Waals surface area contributed by atoms with Crippen molar-refractivity contribution in [3.05, 3.63) is 77.5 Å². The maximum absolute atomic E-state index is 12.4. The molecule has 61 heavy (non-hydrogen) atoms. The Morgan fingerprint density at radius 3 is 2.13 bits per heavy atom. The summed E-state index contributed by atoms with van der Waals surface area (Å²) in [6.07, 6.45) is 7.67. The van der Waals surface area contributed by atoms with Crippen LogP contribution in [0.25, 0.3) is 0 Å². The highest BCUT2D eigenvalue weighted by Crippen LogP contribution is 2.51. The summed E-state index contributed by atoms with van der Waals surface area (Å²) < 4.78 is 121. The Bertz CT molecular complexity index is 2190. The second-order valence-electron chi connectivity index (χ2n) is 14.8. The minimum absolute atomic E-state index is 0.0199. The van der Waals surface area contributed by atoms with Gasteiger partial charge >= 0.3 is 5.97 Å². The SMILES string of the molecule is COCCOCCOCCN1/C(=C/C=C/C(=N\CCCCCC(=O)O)C(C)(CCOC)c2cccc(S(=O)(=O)O)c2)C(C)(CCCS(=O)(=O)OC)c2cc(S(=O)(=O)O)ccc21. The third-order valence-electron chi connectivity index (χ3n) is 10.6. The molecule has 0 fully saturated rings. The number of fused-ring (bicyclic) bond motifs is 1. The van der Waals surface area contributed by atoms with E-state index in [0.29, 0.717) is 80.3 Å². The normalized spacial score (nSPS) is 17.9. The van der Waals surface area contributed by atoms with E-state index in [1.54, 1.807) is 31.4 Å². The first-order valence-electron chi connectivity index (χ1n) is 19.8. The van der Waals surface area contributed by atoms with Crippen molar-refractivity contribution in [2.75, 3.05) is 84.7 Å². The van der Waals surface area contributed by atoms with Crippen LogP contribution in [0.4, 0.5) is 5.69 Å². The molecule has 1 heterocycles. The fourth-order valence-corrected chi connectivity index (χ4v) is 8.83.